The maximum Gasteiger partial charge on any atom is 0.338 e. The molecule has 0 heterocycles. The standard InChI is InChI=1S/C27H30O4/c1-16(2)11-12-19-13-14-22-23(15-19)25(31-27(29)18(5)6)21-10-8-7-9-20(21)24(22)30-26(28)17(3)4/h7-10,13,16H,3,5,11-12,14-15H2,1-2,4,6H3. The van der Waals surface area contributed by atoms with Crippen molar-refractivity contribution in [3.05, 3.63) is 71.3 Å². The lowest BCUT2D eigenvalue weighted by Gasteiger charge is -2.25. The van der Waals surface area contributed by atoms with E-state index in [-0.39, 0.29) is 0 Å². The summed E-state index contributed by atoms with van der Waals surface area (Å²) in [7, 11) is 0. The number of carbonyl (C=O) groups is 2. The van der Waals surface area contributed by atoms with E-state index in [4.69, 9.17) is 9.47 Å². The highest BCUT2D eigenvalue weighted by Gasteiger charge is 2.27. The number of hydrogen-bond donors (Lipinski definition) is 0. The van der Waals surface area contributed by atoms with E-state index in [2.05, 4.69) is 33.1 Å². The van der Waals surface area contributed by atoms with Gasteiger partial charge in [0, 0.05) is 33.0 Å². The van der Waals surface area contributed by atoms with E-state index >= 15 is 0 Å². The van der Waals surface area contributed by atoms with Crippen molar-refractivity contribution in [3.8, 4) is 11.5 Å². The molecule has 0 N–H and O–H groups in total. The molecule has 2 aromatic carbocycles. The fourth-order valence-corrected chi connectivity index (χ4v) is 3.68. The smallest absolute Gasteiger partial charge is 0.338 e. The third-order valence-electron chi connectivity index (χ3n) is 5.46. The van der Waals surface area contributed by atoms with E-state index in [1.807, 2.05) is 24.3 Å². The topological polar surface area (TPSA) is 52.6 Å². The molecule has 0 aromatic heterocycles. The van der Waals surface area contributed by atoms with Crippen LogP contribution in [0.4, 0.5) is 0 Å². The summed E-state index contributed by atoms with van der Waals surface area (Å²) in [6.45, 7) is 15.1. The lowest BCUT2D eigenvalue weighted by atomic mass is 9.85. The van der Waals surface area contributed by atoms with Crippen LogP contribution < -0.4 is 9.47 Å². The van der Waals surface area contributed by atoms with Crippen LogP contribution in [0.3, 0.4) is 0 Å². The Morgan fingerprint density at radius 2 is 1.45 bits per heavy atom. The molecule has 4 heteroatoms. The molecule has 2 aromatic rings. The van der Waals surface area contributed by atoms with Gasteiger partial charge in [-0.1, -0.05) is 62.9 Å². The van der Waals surface area contributed by atoms with Gasteiger partial charge < -0.3 is 9.47 Å². The van der Waals surface area contributed by atoms with E-state index in [0.717, 1.165) is 34.7 Å². The summed E-state index contributed by atoms with van der Waals surface area (Å²) >= 11 is 0. The minimum Gasteiger partial charge on any atom is -0.422 e. The van der Waals surface area contributed by atoms with Gasteiger partial charge in [0.2, 0.25) is 0 Å². The molecule has 4 nitrogen and oxygen atoms in total. The number of carbonyl (C=O) groups excluding carboxylic acids is 2. The summed E-state index contributed by atoms with van der Waals surface area (Å²) in [5.74, 6) is 0.731. The lowest BCUT2D eigenvalue weighted by Crippen LogP contribution is -2.16. The van der Waals surface area contributed by atoms with Gasteiger partial charge in [-0.25, -0.2) is 9.59 Å². The van der Waals surface area contributed by atoms with Crippen molar-refractivity contribution in [2.75, 3.05) is 0 Å². The third kappa shape index (κ3) is 4.96. The molecule has 0 fully saturated rings. The van der Waals surface area contributed by atoms with Gasteiger partial charge in [-0.05, 0) is 45.4 Å². The van der Waals surface area contributed by atoms with Crippen LogP contribution >= 0.6 is 0 Å². The Morgan fingerprint density at radius 1 is 0.935 bits per heavy atom. The van der Waals surface area contributed by atoms with Gasteiger partial charge in [-0.3, -0.25) is 0 Å². The van der Waals surface area contributed by atoms with Gasteiger partial charge in [0.25, 0.3) is 0 Å². The fraction of sp³-hybridized carbons (Fsp3) is 0.333. The van der Waals surface area contributed by atoms with Gasteiger partial charge in [0.1, 0.15) is 11.5 Å². The van der Waals surface area contributed by atoms with Gasteiger partial charge in [-0.2, -0.15) is 0 Å². The number of fused-ring (bicyclic) bond motifs is 2. The highest BCUT2D eigenvalue weighted by molar-refractivity contribution is 6.01. The van der Waals surface area contributed by atoms with Crippen molar-refractivity contribution in [2.45, 2.75) is 53.4 Å². The molecule has 0 saturated carbocycles. The number of benzene rings is 2. The van der Waals surface area contributed by atoms with Crippen LogP contribution in [0.15, 0.2) is 60.2 Å². The molecule has 0 saturated heterocycles. The summed E-state index contributed by atoms with van der Waals surface area (Å²) in [6.07, 6.45) is 5.56. The zero-order valence-electron chi connectivity index (χ0n) is 18.8. The first kappa shape index (κ1) is 22.5. The van der Waals surface area contributed by atoms with Crippen LogP contribution in [0.1, 0.15) is 51.7 Å². The van der Waals surface area contributed by atoms with Crippen LogP contribution in [0.2, 0.25) is 0 Å². The molecule has 0 atom stereocenters. The Hall–Kier alpha value is -3.14. The summed E-state index contributed by atoms with van der Waals surface area (Å²) in [5, 5.41) is 1.48. The van der Waals surface area contributed by atoms with Crippen molar-refractivity contribution in [2.24, 2.45) is 5.92 Å². The first-order valence-electron chi connectivity index (χ1n) is 10.7. The average molecular weight is 419 g/mol. The Bertz CT molecular complexity index is 1100. The van der Waals surface area contributed by atoms with Crippen molar-refractivity contribution in [3.63, 3.8) is 0 Å². The number of allylic oxidation sites excluding steroid dienone is 2. The first-order chi connectivity index (χ1) is 14.7. The number of ether oxygens (including phenoxy) is 2. The monoisotopic (exact) mass is 418 g/mol. The van der Waals surface area contributed by atoms with Crippen molar-refractivity contribution in [1.29, 1.82) is 0 Å². The maximum absolute atomic E-state index is 12.5. The largest absolute Gasteiger partial charge is 0.422 e. The molecule has 0 unspecified atom stereocenters. The minimum atomic E-state index is -0.464. The van der Waals surface area contributed by atoms with Gasteiger partial charge in [0.15, 0.2) is 0 Å². The molecule has 0 aliphatic heterocycles. The fourth-order valence-electron chi connectivity index (χ4n) is 3.68. The third-order valence-corrected chi connectivity index (χ3v) is 5.46. The van der Waals surface area contributed by atoms with Crippen LogP contribution in [0.25, 0.3) is 10.8 Å². The van der Waals surface area contributed by atoms with E-state index in [1.165, 1.54) is 5.57 Å². The molecule has 31 heavy (non-hydrogen) atoms. The highest BCUT2D eigenvalue weighted by atomic mass is 16.5. The van der Waals surface area contributed by atoms with Crippen molar-refractivity contribution >= 4 is 22.7 Å². The average Bonchev–Trinajstić information content (AvgIpc) is 2.73. The van der Waals surface area contributed by atoms with Crippen LogP contribution in [-0.2, 0) is 22.4 Å². The lowest BCUT2D eigenvalue weighted by molar-refractivity contribution is -0.131. The Morgan fingerprint density at radius 3 is 1.94 bits per heavy atom. The Balaban J connectivity index is 2.19. The molecule has 0 amide bonds. The molecule has 1 aliphatic carbocycles. The van der Waals surface area contributed by atoms with Crippen LogP contribution in [-0.4, -0.2) is 11.9 Å². The molecule has 3 rings (SSSR count). The van der Waals surface area contributed by atoms with Crippen molar-refractivity contribution < 1.29 is 19.1 Å². The van der Waals surface area contributed by atoms with Gasteiger partial charge in [-0.15, -0.1) is 0 Å². The molecule has 0 bridgehead atoms. The maximum atomic E-state index is 12.5. The second kappa shape index (κ2) is 9.34. The second-order valence-electron chi connectivity index (χ2n) is 8.68. The summed E-state index contributed by atoms with van der Waals surface area (Å²) < 4.78 is 11.6. The van der Waals surface area contributed by atoms with E-state index < -0.39 is 11.9 Å². The van der Waals surface area contributed by atoms with Crippen molar-refractivity contribution in [1.82, 2.24) is 0 Å². The quantitative estimate of drug-likeness (QED) is 0.230. The summed E-state index contributed by atoms with van der Waals surface area (Å²) in [4.78, 5) is 24.9. The number of hydrogen-bond acceptors (Lipinski definition) is 4. The summed E-state index contributed by atoms with van der Waals surface area (Å²) in [6, 6.07) is 7.53. The molecule has 0 radical (unpaired) electrons. The molecule has 1 aliphatic rings. The molecular formula is C27H30O4. The van der Waals surface area contributed by atoms with Gasteiger partial charge in [0.05, 0.1) is 0 Å². The zero-order chi connectivity index (χ0) is 22.7. The highest BCUT2D eigenvalue weighted by Crippen LogP contribution is 2.45. The normalized spacial score (nSPS) is 12.9. The van der Waals surface area contributed by atoms with E-state index in [9.17, 15) is 9.59 Å². The predicted octanol–water partition coefficient (Wildman–Crippen LogP) is 6.26. The van der Waals surface area contributed by atoms with Crippen LogP contribution in [0, 0.1) is 5.92 Å². The SMILES string of the molecule is C=C(C)C(=O)Oc1c2c(c(OC(=O)C(=C)C)c3ccccc13)CC(CCC(C)C)=CC2. The van der Waals surface area contributed by atoms with E-state index in [1.54, 1.807) is 13.8 Å². The number of rotatable bonds is 7. The molecular weight excluding hydrogens is 388 g/mol. The number of esters is 2. The Labute approximate surface area is 184 Å². The zero-order valence-corrected chi connectivity index (χ0v) is 18.8. The van der Waals surface area contributed by atoms with Crippen LogP contribution in [0.5, 0.6) is 11.5 Å². The predicted molar refractivity (Wildman–Crippen MR) is 124 cm³/mol. The van der Waals surface area contributed by atoms with E-state index in [0.29, 0.717) is 41.4 Å². The first-order valence-corrected chi connectivity index (χ1v) is 10.7. The minimum absolute atomic E-state index is 0.333. The molecule has 162 valence electrons. The molecule has 0 spiro atoms. The van der Waals surface area contributed by atoms with Gasteiger partial charge >= 0.3 is 11.9 Å². The second-order valence-corrected chi connectivity index (χ2v) is 8.68. The summed E-state index contributed by atoms with van der Waals surface area (Å²) in [5.41, 5.74) is 3.76. The Kier molecular flexibility index (Phi) is 6.79.